The minimum Gasteiger partial charge on any atom is -0.502 e. The number of carbonyl (C=O) groups is 1. The summed E-state index contributed by atoms with van der Waals surface area (Å²) in [5, 5.41) is 32.0. The number of aliphatic hydroxyl groups excluding tert-OH is 2. The molecule has 0 radical (unpaired) electrons. The van der Waals surface area contributed by atoms with Gasteiger partial charge in [-0.2, -0.15) is 0 Å². The van der Waals surface area contributed by atoms with Crippen LogP contribution in [-0.4, -0.2) is 48.1 Å². The number of carbonyl (C=O) groups excluding carboxylic acids is 1. The quantitative estimate of drug-likeness (QED) is 0.583. The van der Waals surface area contributed by atoms with Crippen LogP contribution in [0, 0.1) is 0 Å². The van der Waals surface area contributed by atoms with Gasteiger partial charge in [0.2, 0.25) is 11.7 Å². The molecule has 0 saturated heterocycles. The molecule has 0 spiro atoms. The van der Waals surface area contributed by atoms with Gasteiger partial charge in [0.15, 0.2) is 11.5 Å². The van der Waals surface area contributed by atoms with Crippen molar-refractivity contribution in [2.75, 3.05) is 20.8 Å². The van der Waals surface area contributed by atoms with Gasteiger partial charge in [-0.25, -0.2) is 0 Å². The van der Waals surface area contributed by atoms with Gasteiger partial charge in [0, 0.05) is 13.5 Å². The van der Waals surface area contributed by atoms with Crippen LogP contribution in [0.25, 0.3) is 0 Å². The van der Waals surface area contributed by atoms with Crippen LogP contribution in [0.3, 0.4) is 0 Å². The van der Waals surface area contributed by atoms with Gasteiger partial charge >= 0.3 is 0 Å². The Kier molecular flexibility index (Phi) is 5.60. The van der Waals surface area contributed by atoms with Crippen LogP contribution in [0.2, 0.25) is 0 Å². The number of methoxy groups -OCH3 is 2. The van der Waals surface area contributed by atoms with Crippen molar-refractivity contribution in [3.63, 3.8) is 0 Å². The number of benzene rings is 1. The molecule has 1 aromatic rings. The van der Waals surface area contributed by atoms with E-state index in [0.717, 1.165) is 0 Å². The number of nitrogens with one attached hydrogen (secondary N) is 1. The summed E-state index contributed by atoms with van der Waals surface area (Å²) in [5.41, 5.74) is 0.300. The number of aromatic hydroxyl groups is 1. The maximum Gasteiger partial charge on any atom is 0.216 e. The molecule has 4 N–H and O–H groups in total. The molecule has 0 aliphatic carbocycles. The maximum absolute atomic E-state index is 10.8. The molecule has 0 aliphatic heterocycles. The molecule has 2 atom stereocenters. The summed E-state index contributed by atoms with van der Waals surface area (Å²) in [7, 11) is 2.72. The third kappa shape index (κ3) is 3.75. The Labute approximate surface area is 116 Å². The smallest absolute Gasteiger partial charge is 0.216 e. The number of phenols is 1. The number of amides is 1. The highest BCUT2D eigenvalue weighted by Gasteiger charge is 2.22. The molecule has 20 heavy (non-hydrogen) atoms. The molecule has 0 fully saturated rings. The molecular formula is C13H19NO6. The Balaban J connectivity index is 2.97. The highest BCUT2D eigenvalue weighted by molar-refractivity contribution is 5.72. The average molecular weight is 285 g/mol. The Hall–Kier alpha value is -1.99. The number of hydrogen-bond acceptors (Lipinski definition) is 6. The molecule has 0 aromatic heterocycles. The number of ether oxygens (including phenoxy) is 2. The molecule has 2 unspecified atom stereocenters. The van der Waals surface area contributed by atoms with E-state index in [2.05, 4.69) is 5.32 Å². The van der Waals surface area contributed by atoms with Gasteiger partial charge in [0.1, 0.15) is 12.2 Å². The zero-order chi connectivity index (χ0) is 15.3. The second-order valence-electron chi connectivity index (χ2n) is 4.22. The fraction of sp³-hybridized carbons (Fsp3) is 0.462. The van der Waals surface area contributed by atoms with Crippen molar-refractivity contribution in [1.82, 2.24) is 5.32 Å². The van der Waals surface area contributed by atoms with E-state index in [0.29, 0.717) is 5.56 Å². The molecule has 0 aliphatic rings. The van der Waals surface area contributed by atoms with Crippen molar-refractivity contribution >= 4 is 5.91 Å². The van der Waals surface area contributed by atoms with Crippen molar-refractivity contribution in [3.8, 4) is 17.2 Å². The van der Waals surface area contributed by atoms with Gasteiger partial charge in [0.25, 0.3) is 0 Å². The number of hydrogen-bond donors (Lipinski definition) is 4. The van der Waals surface area contributed by atoms with Crippen LogP contribution in [0.5, 0.6) is 17.2 Å². The van der Waals surface area contributed by atoms with E-state index in [4.69, 9.17) is 9.47 Å². The van der Waals surface area contributed by atoms with E-state index < -0.39 is 12.2 Å². The first-order chi connectivity index (χ1) is 9.40. The molecule has 1 aromatic carbocycles. The molecule has 112 valence electrons. The van der Waals surface area contributed by atoms with Crippen LogP contribution >= 0.6 is 0 Å². The Morgan fingerprint density at radius 1 is 1.25 bits per heavy atom. The zero-order valence-electron chi connectivity index (χ0n) is 11.6. The molecule has 7 heteroatoms. The van der Waals surface area contributed by atoms with E-state index in [1.807, 2.05) is 0 Å². The monoisotopic (exact) mass is 285 g/mol. The van der Waals surface area contributed by atoms with Crippen LogP contribution in [0.15, 0.2) is 12.1 Å². The molecule has 0 saturated carbocycles. The molecule has 0 bridgehead atoms. The standard InChI is InChI=1S/C13H19NO6/c1-7(15)14-6-9(16)12(17)8-4-10(19-2)13(18)11(5-8)20-3/h4-5,9,12,16-18H,6H2,1-3H3,(H,14,15). The first-order valence-corrected chi connectivity index (χ1v) is 5.96. The van der Waals surface area contributed by atoms with Crippen molar-refractivity contribution < 1.29 is 29.6 Å². The first-order valence-electron chi connectivity index (χ1n) is 5.96. The predicted octanol–water partition coefficient (Wildman–Crippen LogP) is -0.0602. The minimum atomic E-state index is -1.26. The fourth-order valence-corrected chi connectivity index (χ4v) is 1.67. The Morgan fingerprint density at radius 2 is 1.75 bits per heavy atom. The second-order valence-corrected chi connectivity index (χ2v) is 4.22. The van der Waals surface area contributed by atoms with E-state index in [1.54, 1.807) is 0 Å². The summed E-state index contributed by atoms with van der Waals surface area (Å²) in [6.07, 6.45) is -2.46. The second kappa shape index (κ2) is 6.97. The molecule has 0 heterocycles. The van der Waals surface area contributed by atoms with Crippen LogP contribution in [-0.2, 0) is 4.79 Å². The molecule has 7 nitrogen and oxygen atoms in total. The van der Waals surface area contributed by atoms with Crippen molar-refractivity contribution in [2.24, 2.45) is 0 Å². The van der Waals surface area contributed by atoms with E-state index >= 15 is 0 Å². The highest BCUT2D eigenvalue weighted by Crippen LogP contribution is 2.39. The van der Waals surface area contributed by atoms with E-state index in [9.17, 15) is 20.1 Å². The van der Waals surface area contributed by atoms with Gasteiger partial charge in [-0.3, -0.25) is 4.79 Å². The molecule has 1 amide bonds. The van der Waals surface area contributed by atoms with Gasteiger partial charge in [-0.05, 0) is 17.7 Å². The molecular weight excluding hydrogens is 266 g/mol. The summed E-state index contributed by atoms with van der Waals surface area (Å²) in [5.74, 6) is -0.269. The first kappa shape index (κ1) is 16.1. The zero-order valence-corrected chi connectivity index (χ0v) is 11.6. The average Bonchev–Trinajstić information content (AvgIpc) is 2.44. The summed E-state index contributed by atoms with van der Waals surface area (Å²) < 4.78 is 9.93. The van der Waals surface area contributed by atoms with Crippen LogP contribution in [0.1, 0.15) is 18.6 Å². The number of phenolic OH excluding ortho intramolecular Hbond substituents is 1. The lowest BCUT2D eigenvalue weighted by Crippen LogP contribution is -2.34. The third-order valence-electron chi connectivity index (χ3n) is 2.77. The summed E-state index contributed by atoms with van der Waals surface area (Å²) in [4.78, 5) is 10.8. The normalized spacial score (nSPS) is 13.4. The summed E-state index contributed by atoms with van der Waals surface area (Å²) >= 11 is 0. The lowest BCUT2D eigenvalue weighted by molar-refractivity contribution is -0.119. The Bertz CT molecular complexity index is 451. The minimum absolute atomic E-state index is 0.0952. The SMILES string of the molecule is COc1cc(C(O)C(O)CNC(C)=O)cc(OC)c1O. The van der Waals surface area contributed by atoms with Crippen molar-refractivity contribution in [3.05, 3.63) is 17.7 Å². The highest BCUT2D eigenvalue weighted by atomic mass is 16.5. The fourth-order valence-electron chi connectivity index (χ4n) is 1.67. The predicted molar refractivity (Wildman–Crippen MR) is 70.9 cm³/mol. The van der Waals surface area contributed by atoms with Crippen LogP contribution in [0.4, 0.5) is 0 Å². The third-order valence-corrected chi connectivity index (χ3v) is 2.77. The van der Waals surface area contributed by atoms with Gasteiger partial charge in [-0.1, -0.05) is 0 Å². The van der Waals surface area contributed by atoms with Gasteiger partial charge in [0.05, 0.1) is 14.2 Å². The van der Waals surface area contributed by atoms with E-state index in [-0.39, 0.29) is 29.7 Å². The largest absolute Gasteiger partial charge is 0.502 e. The maximum atomic E-state index is 10.8. The van der Waals surface area contributed by atoms with Crippen LogP contribution < -0.4 is 14.8 Å². The van der Waals surface area contributed by atoms with E-state index in [1.165, 1.54) is 33.3 Å². The Morgan fingerprint density at radius 3 is 2.15 bits per heavy atom. The number of aliphatic hydroxyl groups is 2. The summed E-state index contributed by atoms with van der Waals surface area (Å²) in [6.45, 7) is 1.22. The van der Waals surface area contributed by atoms with Crippen molar-refractivity contribution in [2.45, 2.75) is 19.1 Å². The lowest BCUT2D eigenvalue weighted by Gasteiger charge is -2.20. The lowest BCUT2D eigenvalue weighted by atomic mass is 10.0. The number of rotatable bonds is 6. The summed E-state index contributed by atoms with van der Waals surface area (Å²) in [6, 6.07) is 2.78. The van der Waals surface area contributed by atoms with Gasteiger partial charge < -0.3 is 30.1 Å². The topological polar surface area (TPSA) is 108 Å². The molecule has 1 rings (SSSR count). The van der Waals surface area contributed by atoms with Crippen molar-refractivity contribution in [1.29, 1.82) is 0 Å². The van der Waals surface area contributed by atoms with Gasteiger partial charge in [-0.15, -0.1) is 0 Å².